The highest BCUT2D eigenvalue weighted by molar-refractivity contribution is 5.34. The van der Waals surface area contributed by atoms with Crippen LogP contribution in [0, 0.1) is 22.0 Å². The van der Waals surface area contributed by atoms with Crippen molar-refractivity contribution in [2.45, 2.75) is 26.2 Å². The topological polar surface area (TPSA) is 43.1 Å². The van der Waals surface area contributed by atoms with Crippen molar-refractivity contribution in [2.24, 2.45) is 0 Å². The zero-order valence-electron chi connectivity index (χ0n) is 8.86. The van der Waals surface area contributed by atoms with Crippen LogP contribution in [0.4, 0.5) is 5.69 Å². The van der Waals surface area contributed by atoms with Gasteiger partial charge < -0.3 is 0 Å². The molecule has 15 heavy (non-hydrogen) atoms. The Kier molecular flexibility index (Phi) is 3.87. The van der Waals surface area contributed by atoms with Crippen molar-refractivity contribution < 1.29 is 4.92 Å². The van der Waals surface area contributed by atoms with Crippen LogP contribution in [-0.2, 0) is 0 Å². The van der Waals surface area contributed by atoms with Crippen LogP contribution in [0.3, 0.4) is 0 Å². The molecule has 1 rings (SSSR count). The summed E-state index contributed by atoms with van der Waals surface area (Å²) < 4.78 is 0. The Bertz CT molecular complexity index is 398. The zero-order valence-corrected chi connectivity index (χ0v) is 8.86. The second kappa shape index (κ2) is 5.16. The molecule has 1 atom stereocenters. The minimum atomic E-state index is -0.389. The van der Waals surface area contributed by atoms with E-state index < -0.39 is 0 Å². The van der Waals surface area contributed by atoms with Gasteiger partial charge in [-0.3, -0.25) is 10.1 Å². The number of hydrogen-bond donors (Lipinski definition) is 0. The second-order valence-corrected chi connectivity index (χ2v) is 3.38. The zero-order chi connectivity index (χ0) is 11.3. The lowest BCUT2D eigenvalue weighted by molar-refractivity contribution is -0.384. The van der Waals surface area contributed by atoms with E-state index in [1.807, 2.05) is 6.92 Å². The Hall–Kier alpha value is -1.82. The molecule has 0 spiro atoms. The lowest BCUT2D eigenvalue weighted by Crippen LogP contribution is -1.93. The molecule has 0 aliphatic heterocycles. The maximum absolute atomic E-state index is 10.4. The number of nitro groups is 1. The van der Waals surface area contributed by atoms with Gasteiger partial charge in [0.25, 0.3) is 5.69 Å². The molecular formula is C12H13NO2. The molecule has 0 saturated carbocycles. The largest absolute Gasteiger partial charge is 0.269 e. The smallest absolute Gasteiger partial charge is 0.258 e. The number of benzene rings is 1. The van der Waals surface area contributed by atoms with E-state index in [4.69, 9.17) is 0 Å². The molecule has 1 aromatic carbocycles. The first kappa shape index (κ1) is 11.3. The molecule has 1 unspecified atom stereocenters. The first-order valence-electron chi connectivity index (χ1n) is 4.79. The molecule has 0 radical (unpaired) electrons. The maximum atomic E-state index is 10.4. The molecule has 1 aromatic rings. The molecule has 0 heterocycles. The van der Waals surface area contributed by atoms with Gasteiger partial charge in [0.15, 0.2) is 0 Å². The highest BCUT2D eigenvalue weighted by Crippen LogP contribution is 2.21. The third-order valence-corrected chi connectivity index (χ3v) is 2.26. The predicted molar refractivity (Wildman–Crippen MR) is 59.6 cm³/mol. The summed E-state index contributed by atoms with van der Waals surface area (Å²) in [5.74, 6) is 6.16. The molecule has 0 aliphatic rings. The Labute approximate surface area is 89.3 Å². The van der Waals surface area contributed by atoms with Gasteiger partial charge in [-0.05, 0) is 18.4 Å². The van der Waals surface area contributed by atoms with Gasteiger partial charge in [-0.15, -0.1) is 11.8 Å². The minimum Gasteiger partial charge on any atom is -0.258 e. The number of rotatable bonds is 3. The molecule has 0 amide bonds. The van der Waals surface area contributed by atoms with Crippen LogP contribution >= 0.6 is 0 Å². The first-order chi connectivity index (χ1) is 7.15. The fourth-order valence-corrected chi connectivity index (χ4v) is 1.30. The van der Waals surface area contributed by atoms with E-state index in [9.17, 15) is 10.1 Å². The first-order valence-corrected chi connectivity index (χ1v) is 4.79. The standard InChI is InChI=1S/C12H13NO2/c1-3-4-5-10(2)11-6-8-12(9-7-11)13(14)15/h6-10H,5H2,1-2H3. The molecule has 0 aromatic heterocycles. The van der Waals surface area contributed by atoms with Crippen molar-refractivity contribution in [2.75, 3.05) is 0 Å². The molecule has 78 valence electrons. The Balaban J connectivity index is 2.78. The highest BCUT2D eigenvalue weighted by Gasteiger charge is 2.07. The van der Waals surface area contributed by atoms with Crippen LogP contribution in [0.5, 0.6) is 0 Å². The average Bonchev–Trinajstić information content (AvgIpc) is 2.26. The minimum absolute atomic E-state index is 0.132. The van der Waals surface area contributed by atoms with Crippen LogP contribution in [0.25, 0.3) is 0 Å². The molecule has 0 aliphatic carbocycles. The van der Waals surface area contributed by atoms with Crippen molar-refractivity contribution in [3.05, 3.63) is 39.9 Å². The summed E-state index contributed by atoms with van der Waals surface area (Å²) in [6.07, 6.45) is 0.786. The maximum Gasteiger partial charge on any atom is 0.269 e. The molecular weight excluding hydrogens is 190 g/mol. The SMILES string of the molecule is CC#CCC(C)c1ccc([N+](=O)[O-])cc1. The summed E-state index contributed by atoms with van der Waals surface area (Å²) in [6.45, 7) is 3.87. The third kappa shape index (κ3) is 3.10. The number of non-ortho nitro benzene ring substituents is 1. The second-order valence-electron chi connectivity index (χ2n) is 3.38. The van der Waals surface area contributed by atoms with E-state index in [-0.39, 0.29) is 10.6 Å². The summed E-state index contributed by atoms with van der Waals surface area (Å²) in [5.41, 5.74) is 1.22. The van der Waals surface area contributed by atoms with Crippen molar-refractivity contribution in [1.82, 2.24) is 0 Å². The third-order valence-electron chi connectivity index (χ3n) is 2.26. The summed E-state index contributed by atoms with van der Waals surface area (Å²) in [4.78, 5) is 10.0. The van der Waals surface area contributed by atoms with Crippen LogP contribution in [0.2, 0.25) is 0 Å². The van der Waals surface area contributed by atoms with Gasteiger partial charge in [-0.2, -0.15) is 0 Å². The van der Waals surface area contributed by atoms with Gasteiger partial charge in [-0.1, -0.05) is 19.1 Å². The van der Waals surface area contributed by atoms with Gasteiger partial charge in [0, 0.05) is 18.6 Å². The summed E-state index contributed by atoms with van der Waals surface area (Å²) in [7, 11) is 0. The monoisotopic (exact) mass is 203 g/mol. The van der Waals surface area contributed by atoms with E-state index in [1.165, 1.54) is 12.1 Å². The van der Waals surface area contributed by atoms with E-state index >= 15 is 0 Å². The molecule has 0 bridgehead atoms. The normalized spacial score (nSPS) is 11.3. The molecule has 0 fully saturated rings. The molecule has 3 nitrogen and oxygen atoms in total. The fraction of sp³-hybridized carbons (Fsp3) is 0.333. The number of hydrogen-bond acceptors (Lipinski definition) is 2. The van der Waals surface area contributed by atoms with E-state index in [1.54, 1.807) is 12.1 Å². The Morgan fingerprint density at radius 2 is 2.00 bits per heavy atom. The Morgan fingerprint density at radius 1 is 1.40 bits per heavy atom. The summed E-state index contributed by atoms with van der Waals surface area (Å²) >= 11 is 0. The van der Waals surface area contributed by atoms with E-state index in [2.05, 4.69) is 18.8 Å². The number of nitro benzene ring substituents is 1. The van der Waals surface area contributed by atoms with Crippen LogP contribution in [-0.4, -0.2) is 4.92 Å². The lowest BCUT2D eigenvalue weighted by atomic mass is 9.98. The van der Waals surface area contributed by atoms with E-state index in [0.29, 0.717) is 5.92 Å². The van der Waals surface area contributed by atoms with Crippen LogP contribution in [0.15, 0.2) is 24.3 Å². The van der Waals surface area contributed by atoms with Gasteiger partial charge >= 0.3 is 0 Å². The highest BCUT2D eigenvalue weighted by atomic mass is 16.6. The molecule has 0 saturated heterocycles. The fourth-order valence-electron chi connectivity index (χ4n) is 1.30. The van der Waals surface area contributed by atoms with Crippen molar-refractivity contribution in [3.63, 3.8) is 0 Å². The van der Waals surface area contributed by atoms with Crippen molar-refractivity contribution >= 4 is 5.69 Å². The summed E-state index contributed by atoms with van der Waals surface area (Å²) in [6, 6.07) is 6.65. The quantitative estimate of drug-likeness (QED) is 0.430. The Morgan fingerprint density at radius 3 is 2.47 bits per heavy atom. The van der Waals surface area contributed by atoms with Gasteiger partial charge in [-0.25, -0.2) is 0 Å². The van der Waals surface area contributed by atoms with Gasteiger partial charge in [0.05, 0.1) is 4.92 Å². The van der Waals surface area contributed by atoms with Gasteiger partial charge in [0.1, 0.15) is 0 Å². The van der Waals surface area contributed by atoms with Gasteiger partial charge in [0.2, 0.25) is 0 Å². The summed E-state index contributed by atoms with van der Waals surface area (Å²) in [5, 5.41) is 10.4. The van der Waals surface area contributed by atoms with Crippen LogP contribution in [0.1, 0.15) is 31.7 Å². The number of nitrogens with zero attached hydrogens (tertiary/aromatic N) is 1. The average molecular weight is 203 g/mol. The van der Waals surface area contributed by atoms with Crippen LogP contribution < -0.4 is 0 Å². The predicted octanol–water partition coefficient (Wildman–Crippen LogP) is 3.11. The molecule has 0 N–H and O–H groups in total. The van der Waals surface area contributed by atoms with Crippen molar-refractivity contribution in [1.29, 1.82) is 0 Å². The van der Waals surface area contributed by atoms with Crippen molar-refractivity contribution in [3.8, 4) is 11.8 Å². The molecule has 3 heteroatoms. The van der Waals surface area contributed by atoms with E-state index in [0.717, 1.165) is 12.0 Å². The lowest BCUT2D eigenvalue weighted by Gasteiger charge is -2.06.